The minimum atomic E-state index is -0.248. The van der Waals surface area contributed by atoms with E-state index in [1.54, 1.807) is 18.5 Å². The zero-order valence-electron chi connectivity index (χ0n) is 15.8. The molecule has 28 heavy (non-hydrogen) atoms. The second kappa shape index (κ2) is 9.85. The molecule has 0 aliphatic rings. The summed E-state index contributed by atoms with van der Waals surface area (Å²) in [6, 6.07) is 13.7. The molecule has 6 nitrogen and oxygen atoms in total. The lowest BCUT2D eigenvalue weighted by Gasteiger charge is -2.15. The molecular weight excluding hydrogens is 370 g/mol. The maximum atomic E-state index is 12.7. The number of amides is 1. The van der Waals surface area contributed by atoms with Gasteiger partial charge in [-0.2, -0.15) is 0 Å². The van der Waals surface area contributed by atoms with Crippen molar-refractivity contribution in [3.05, 3.63) is 73.1 Å². The van der Waals surface area contributed by atoms with Crippen LogP contribution in [0.4, 0.5) is 0 Å². The monoisotopic (exact) mass is 393 g/mol. The van der Waals surface area contributed by atoms with Gasteiger partial charge in [0.1, 0.15) is 0 Å². The number of rotatable bonds is 9. The summed E-state index contributed by atoms with van der Waals surface area (Å²) in [5.74, 6) is 0.735. The van der Waals surface area contributed by atoms with Crippen molar-refractivity contribution in [1.82, 2.24) is 25.1 Å². The molecule has 0 aliphatic heterocycles. The zero-order chi connectivity index (χ0) is 19.8. The lowest BCUT2D eigenvalue weighted by Crippen LogP contribution is -2.32. The van der Waals surface area contributed by atoms with Crippen molar-refractivity contribution in [3.63, 3.8) is 0 Å². The van der Waals surface area contributed by atoms with Crippen molar-refractivity contribution in [3.8, 4) is 11.4 Å². The van der Waals surface area contributed by atoms with Crippen molar-refractivity contribution < 1.29 is 4.79 Å². The van der Waals surface area contributed by atoms with Gasteiger partial charge in [0.25, 0.3) is 0 Å². The minimum Gasteiger partial charge on any atom is -0.351 e. The molecule has 7 heteroatoms. The summed E-state index contributed by atoms with van der Waals surface area (Å²) in [6.45, 7) is 6.91. The average Bonchev–Trinajstić information content (AvgIpc) is 3.14. The number of hydrogen-bond donors (Lipinski definition) is 1. The lowest BCUT2D eigenvalue weighted by atomic mass is 10.2. The number of hydrogen-bond acceptors (Lipinski definition) is 5. The van der Waals surface area contributed by atoms with E-state index in [-0.39, 0.29) is 11.2 Å². The molecule has 3 aromatic rings. The first kappa shape index (κ1) is 19.8. The van der Waals surface area contributed by atoms with Crippen LogP contribution in [0.15, 0.2) is 72.7 Å². The first-order valence-electron chi connectivity index (χ1n) is 9.15. The Balaban J connectivity index is 1.74. The zero-order valence-corrected chi connectivity index (χ0v) is 16.6. The summed E-state index contributed by atoms with van der Waals surface area (Å²) in [7, 11) is 0. The number of thioether (sulfide) groups is 1. The van der Waals surface area contributed by atoms with Crippen LogP contribution in [0.1, 0.15) is 18.9 Å². The maximum Gasteiger partial charge on any atom is 0.233 e. The molecule has 1 aromatic carbocycles. The predicted octanol–water partition coefficient (Wildman–Crippen LogP) is 3.71. The number of carbonyl (C=O) groups excluding carboxylic acids is 1. The molecule has 0 bridgehead atoms. The quantitative estimate of drug-likeness (QED) is 0.443. The van der Waals surface area contributed by atoms with Gasteiger partial charge in [0, 0.05) is 31.0 Å². The largest absolute Gasteiger partial charge is 0.351 e. The molecular formula is C21H23N5OS. The molecule has 0 spiro atoms. The van der Waals surface area contributed by atoms with Crippen LogP contribution in [0, 0.1) is 0 Å². The Morgan fingerprint density at radius 1 is 1.21 bits per heavy atom. The van der Waals surface area contributed by atoms with Crippen LogP contribution in [0.2, 0.25) is 0 Å². The number of benzene rings is 1. The Morgan fingerprint density at radius 2 is 1.96 bits per heavy atom. The third kappa shape index (κ3) is 4.86. The minimum absolute atomic E-state index is 0.00466. The second-order valence-electron chi connectivity index (χ2n) is 6.16. The van der Waals surface area contributed by atoms with Crippen molar-refractivity contribution >= 4 is 17.7 Å². The number of carbonyl (C=O) groups is 1. The molecule has 2 heterocycles. The van der Waals surface area contributed by atoms with E-state index in [2.05, 4.69) is 27.1 Å². The third-order valence-corrected chi connectivity index (χ3v) is 5.53. The van der Waals surface area contributed by atoms with Gasteiger partial charge in [-0.1, -0.05) is 55.1 Å². The van der Waals surface area contributed by atoms with Gasteiger partial charge >= 0.3 is 0 Å². The summed E-state index contributed by atoms with van der Waals surface area (Å²) in [6.07, 6.45) is 5.94. The first-order valence-corrected chi connectivity index (χ1v) is 10.0. The highest BCUT2D eigenvalue weighted by atomic mass is 32.2. The van der Waals surface area contributed by atoms with Gasteiger partial charge < -0.3 is 5.32 Å². The van der Waals surface area contributed by atoms with Crippen LogP contribution in [-0.4, -0.2) is 30.9 Å². The Labute approximate surface area is 169 Å². The van der Waals surface area contributed by atoms with Gasteiger partial charge in [0.2, 0.25) is 5.91 Å². The Kier molecular flexibility index (Phi) is 6.97. The highest BCUT2D eigenvalue weighted by molar-refractivity contribution is 8.00. The number of aromatic nitrogens is 4. The molecule has 0 unspecified atom stereocenters. The maximum absolute atomic E-state index is 12.7. The normalized spacial score (nSPS) is 11.8. The Hall–Kier alpha value is -2.93. The van der Waals surface area contributed by atoms with E-state index in [1.807, 2.05) is 54.0 Å². The SMILES string of the molecule is C=CCn1c(S[C@H](CC)C(=O)NCc2ccccc2)nnc1-c1ccncc1. The second-order valence-corrected chi connectivity index (χ2v) is 7.33. The van der Waals surface area contributed by atoms with Crippen molar-refractivity contribution in [2.24, 2.45) is 0 Å². The molecule has 0 fully saturated rings. The van der Waals surface area contributed by atoms with Crippen LogP contribution < -0.4 is 5.32 Å². The fourth-order valence-electron chi connectivity index (χ4n) is 2.73. The van der Waals surface area contributed by atoms with Crippen molar-refractivity contribution in [2.75, 3.05) is 0 Å². The fraction of sp³-hybridized carbons (Fsp3) is 0.238. The summed E-state index contributed by atoms with van der Waals surface area (Å²) in [5, 5.41) is 12.1. The van der Waals surface area contributed by atoms with Gasteiger partial charge in [-0.3, -0.25) is 14.3 Å². The predicted molar refractivity (Wildman–Crippen MR) is 112 cm³/mol. The van der Waals surface area contributed by atoms with Crippen LogP contribution in [-0.2, 0) is 17.9 Å². The average molecular weight is 394 g/mol. The van der Waals surface area contributed by atoms with Crippen LogP contribution in [0.25, 0.3) is 11.4 Å². The molecule has 0 radical (unpaired) electrons. The van der Waals surface area contributed by atoms with Gasteiger partial charge in [0.05, 0.1) is 5.25 Å². The van der Waals surface area contributed by atoms with E-state index < -0.39 is 0 Å². The van der Waals surface area contributed by atoms with Gasteiger partial charge in [-0.15, -0.1) is 16.8 Å². The van der Waals surface area contributed by atoms with Gasteiger partial charge in [-0.25, -0.2) is 0 Å². The highest BCUT2D eigenvalue weighted by Crippen LogP contribution is 2.28. The van der Waals surface area contributed by atoms with Crippen molar-refractivity contribution in [2.45, 2.75) is 36.8 Å². The Bertz CT molecular complexity index is 911. The molecule has 2 aromatic heterocycles. The summed E-state index contributed by atoms with van der Waals surface area (Å²) >= 11 is 1.43. The molecule has 144 valence electrons. The van der Waals surface area contributed by atoms with E-state index in [0.29, 0.717) is 24.7 Å². The molecule has 3 rings (SSSR count). The molecule has 0 aliphatic carbocycles. The number of nitrogens with zero attached hydrogens (tertiary/aromatic N) is 4. The summed E-state index contributed by atoms with van der Waals surface area (Å²) < 4.78 is 1.97. The van der Waals surface area contributed by atoms with E-state index in [1.165, 1.54) is 11.8 Å². The standard InChI is InChI=1S/C21H23N5OS/c1-3-14-26-19(17-10-12-22-13-11-17)24-25-21(26)28-18(4-2)20(27)23-15-16-8-6-5-7-9-16/h3,5-13,18H,1,4,14-15H2,2H3,(H,23,27)/t18-/m1/s1. The molecule has 1 N–H and O–H groups in total. The molecule has 1 atom stereocenters. The number of allylic oxidation sites excluding steroid dienone is 1. The number of pyridine rings is 1. The van der Waals surface area contributed by atoms with E-state index >= 15 is 0 Å². The van der Waals surface area contributed by atoms with Crippen molar-refractivity contribution in [1.29, 1.82) is 0 Å². The van der Waals surface area contributed by atoms with Gasteiger partial charge in [-0.05, 0) is 24.1 Å². The van der Waals surface area contributed by atoms with E-state index in [0.717, 1.165) is 17.0 Å². The topological polar surface area (TPSA) is 72.7 Å². The van der Waals surface area contributed by atoms with Crippen LogP contribution in [0.5, 0.6) is 0 Å². The van der Waals surface area contributed by atoms with Crippen LogP contribution >= 0.6 is 11.8 Å². The molecule has 1 amide bonds. The number of nitrogens with one attached hydrogen (secondary N) is 1. The highest BCUT2D eigenvalue weighted by Gasteiger charge is 2.22. The first-order chi connectivity index (χ1) is 13.7. The smallest absolute Gasteiger partial charge is 0.233 e. The lowest BCUT2D eigenvalue weighted by molar-refractivity contribution is -0.120. The summed E-state index contributed by atoms with van der Waals surface area (Å²) in [4.78, 5) is 16.7. The van der Waals surface area contributed by atoms with E-state index in [9.17, 15) is 4.79 Å². The Morgan fingerprint density at radius 3 is 2.64 bits per heavy atom. The van der Waals surface area contributed by atoms with Crippen LogP contribution in [0.3, 0.4) is 0 Å². The third-order valence-electron chi connectivity index (χ3n) is 4.19. The van der Waals surface area contributed by atoms with Gasteiger partial charge in [0.15, 0.2) is 11.0 Å². The molecule has 0 saturated carbocycles. The van der Waals surface area contributed by atoms with E-state index in [4.69, 9.17) is 0 Å². The fourth-order valence-corrected chi connectivity index (χ4v) is 3.72. The molecule has 0 saturated heterocycles. The summed E-state index contributed by atoms with van der Waals surface area (Å²) in [5.41, 5.74) is 2.00.